The third-order valence-electron chi connectivity index (χ3n) is 5.19. The van der Waals surface area contributed by atoms with Gasteiger partial charge in [-0.15, -0.1) is 0 Å². The molecule has 0 saturated heterocycles. The second kappa shape index (κ2) is 10.4. The molecule has 3 rings (SSSR count). The molecule has 0 fully saturated rings. The van der Waals surface area contributed by atoms with Gasteiger partial charge in [-0.25, -0.2) is 21.2 Å². The Bertz CT molecular complexity index is 1340. The fourth-order valence-corrected chi connectivity index (χ4v) is 5.45. The number of sulfone groups is 1. The molecule has 0 radical (unpaired) electrons. The SMILES string of the molecule is CCC(NC(=O)CN(c1ccc(F)cc1)S(=O)(=O)c1ccccc1)c1ccc(S(C)(=O)=O)cc1. The highest BCUT2D eigenvalue weighted by Gasteiger charge is 2.28. The summed E-state index contributed by atoms with van der Waals surface area (Å²) >= 11 is 0. The molecule has 3 aromatic carbocycles. The summed E-state index contributed by atoms with van der Waals surface area (Å²) in [6, 6.07) is 18.2. The lowest BCUT2D eigenvalue weighted by atomic mass is 10.0. The van der Waals surface area contributed by atoms with Crippen molar-refractivity contribution in [2.45, 2.75) is 29.2 Å². The minimum atomic E-state index is -4.11. The highest BCUT2D eigenvalue weighted by molar-refractivity contribution is 7.93. The molecule has 0 bridgehead atoms. The van der Waals surface area contributed by atoms with Gasteiger partial charge in [0.2, 0.25) is 5.91 Å². The number of sulfonamides is 1. The summed E-state index contributed by atoms with van der Waals surface area (Å²) in [6.45, 7) is 1.31. The van der Waals surface area contributed by atoms with Crippen LogP contribution in [0.1, 0.15) is 24.9 Å². The van der Waals surface area contributed by atoms with E-state index in [-0.39, 0.29) is 15.5 Å². The normalized spacial score (nSPS) is 12.7. The summed E-state index contributed by atoms with van der Waals surface area (Å²) in [5.74, 6) is -1.10. The minimum Gasteiger partial charge on any atom is -0.348 e. The molecule has 1 unspecified atom stereocenters. The molecule has 10 heteroatoms. The maximum absolute atomic E-state index is 13.5. The van der Waals surface area contributed by atoms with Crippen LogP contribution in [-0.4, -0.2) is 35.5 Å². The molecule has 0 aliphatic heterocycles. The van der Waals surface area contributed by atoms with E-state index in [0.717, 1.165) is 22.7 Å². The second-order valence-electron chi connectivity index (χ2n) is 7.67. The van der Waals surface area contributed by atoms with E-state index in [2.05, 4.69) is 5.32 Å². The predicted octanol–water partition coefficient (Wildman–Crippen LogP) is 3.69. The van der Waals surface area contributed by atoms with Gasteiger partial charge in [-0.05, 0) is 60.5 Å². The second-order valence-corrected chi connectivity index (χ2v) is 11.5. The maximum Gasteiger partial charge on any atom is 0.264 e. The van der Waals surface area contributed by atoms with E-state index < -0.39 is 44.2 Å². The van der Waals surface area contributed by atoms with Crippen molar-refractivity contribution in [3.63, 3.8) is 0 Å². The number of benzene rings is 3. The summed E-state index contributed by atoms with van der Waals surface area (Å²) in [6.07, 6.45) is 1.60. The van der Waals surface area contributed by atoms with Crippen LogP contribution in [0.5, 0.6) is 0 Å². The molecular formula is C24H25FN2O5S2. The van der Waals surface area contributed by atoms with Crippen molar-refractivity contribution in [3.05, 3.63) is 90.2 Å². The van der Waals surface area contributed by atoms with E-state index in [9.17, 15) is 26.0 Å². The molecule has 0 aromatic heterocycles. The number of amides is 1. The van der Waals surface area contributed by atoms with Gasteiger partial charge in [0.1, 0.15) is 12.4 Å². The molecule has 1 N–H and O–H groups in total. The van der Waals surface area contributed by atoms with Crippen LogP contribution >= 0.6 is 0 Å². The zero-order chi connectivity index (χ0) is 24.9. The summed E-state index contributed by atoms with van der Waals surface area (Å²) in [7, 11) is -7.46. The first kappa shape index (κ1) is 25.4. The van der Waals surface area contributed by atoms with Crippen molar-refractivity contribution >= 4 is 31.5 Å². The van der Waals surface area contributed by atoms with Crippen LogP contribution in [-0.2, 0) is 24.7 Å². The van der Waals surface area contributed by atoms with Gasteiger partial charge in [0.05, 0.1) is 21.5 Å². The van der Waals surface area contributed by atoms with Gasteiger partial charge in [-0.1, -0.05) is 37.3 Å². The number of nitrogens with zero attached hydrogens (tertiary/aromatic N) is 1. The summed E-state index contributed by atoms with van der Waals surface area (Å²) in [5, 5.41) is 2.81. The van der Waals surface area contributed by atoms with Gasteiger partial charge in [-0.2, -0.15) is 0 Å². The van der Waals surface area contributed by atoms with Crippen molar-refractivity contribution < 1.29 is 26.0 Å². The molecule has 180 valence electrons. The topological polar surface area (TPSA) is 101 Å². The van der Waals surface area contributed by atoms with Crippen LogP contribution in [0, 0.1) is 5.82 Å². The van der Waals surface area contributed by atoms with Crippen LogP contribution in [0.4, 0.5) is 10.1 Å². The molecule has 1 atom stereocenters. The third kappa shape index (κ3) is 6.00. The van der Waals surface area contributed by atoms with Gasteiger partial charge >= 0.3 is 0 Å². The van der Waals surface area contributed by atoms with E-state index in [1.54, 1.807) is 30.3 Å². The van der Waals surface area contributed by atoms with Gasteiger partial charge < -0.3 is 5.32 Å². The molecule has 0 aliphatic carbocycles. The Morgan fingerprint density at radius 2 is 1.47 bits per heavy atom. The van der Waals surface area contributed by atoms with Crippen molar-refractivity contribution in [3.8, 4) is 0 Å². The van der Waals surface area contributed by atoms with Crippen LogP contribution in [0.15, 0.2) is 88.7 Å². The molecular weight excluding hydrogens is 479 g/mol. The highest BCUT2D eigenvalue weighted by Crippen LogP contribution is 2.24. The molecule has 1 amide bonds. The Morgan fingerprint density at radius 3 is 2.00 bits per heavy atom. The number of hydrogen-bond donors (Lipinski definition) is 1. The summed E-state index contributed by atoms with van der Waals surface area (Å²) in [5.41, 5.74) is 0.827. The van der Waals surface area contributed by atoms with Crippen molar-refractivity contribution in [2.24, 2.45) is 0 Å². The fraction of sp³-hybridized carbons (Fsp3) is 0.208. The molecule has 0 spiro atoms. The van der Waals surface area contributed by atoms with Gasteiger partial charge in [0.15, 0.2) is 9.84 Å². The Labute approximate surface area is 199 Å². The predicted molar refractivity (Wildman–Crippen MR) is 128 cm³/mol. The lowest BCUT2D eigenvalue weighted by molar-refractivity contribution is -0.120. The molecule has 7 nitrogen and oxygen atoms in total. The van der Waals surface area contributed by atoms with Crippen molar-refractivity contribution in [2.75, 3.05) is 17.1 Å². The van der Waals surface area contributed by atoms with E-state index in [4.69, 9.17) is 0 Å². The number of anilines is 1. The zero-order valence-corrected chi connectivity index (χ0v) is 20.3. The molecule has 34 heavy (non-hydrogen) atoms. The first-order chi connectivity index (χ1) is 16.0. The number of carbonyl (C=O) groups excluding carboxylic acids is 1. The van der Waals surface area contributed by atoms with Gasteiger partial charge in [0, 0.05) is 6.26 Å². The number of rotatable bonds is 9. The van der Waals surface area contributed by atoms with E-state index in [1.165, 1.54) is 36.4 Å². The monoisotopic (exact) mass is 504 g/mol. The van der Waals surface area contributed by atoms with Crippen LogP contribution < -0.4 is 9.62 Å². The Balaban J connectivity index is 1.87. The average molecular weight is 505 g/mol. The molecule has 0 heterocycles. The summed E-state index contributed by atoms with van der Waals surface area (Å²) < 4.78 is 64.4. The molecule has 0 aliphatic rings. The molecule has 0 saturated carbocycles. The average Bonchev–Trinajstić information content (AvgIpc) is 2.82. The highest BCUT2D eigenvalue weighted by atomic mass is 32.2. The zero-order valence-electron chi connectivity index (χ0n) is 18.7. The lowest BCUT2D eigenvalue weighted by Crippen LogP contribution is -2.42. The number of halogens is 1. The van der Waals surface area contributed by atoms with E-state index >= 15 is 0 Å². The van der Waals surface area contributed by atoms with Gasteiger partial charge in [-0.3, -0.25) is 9.10 Å². The Hall–Kier alpha value is -3.24. The number of nitrogens with one attached hydrogen (secondary N) is 1. The first-order valence-corrected chi connectivity index (χ1v) is 13.8. The van der Waals surface area contributed by atoms with Crippen LogP contribution in [0.25, 0.3) is 0 Å². The lowest BCUT2D eigenvalue weighted by Gasteiger charge is -2.25. The van der Waals surface area contributed by atoms with E-state index in [0.29, 0.717) is 12.0 Å². The minimum absolute atomic E-state index is 0.00414. The third-order valence-corrected chi connectivity index (χ3v) is 8.10. The van der Waals surface area contributed by atoms with Crippen LogP contribution in [0.3, 0.4) is 0 Å². The quantitative estimate of drug-likeness (QED) is 0.479. The van der Waals surface area contributed by atoms with Crippen molar-refractivity contribution in [1.29, 1.82) is 0 Å². The Kier molecular flexibility index (Phi) is 7.73. The fourth-order valence-electron chi connectivity index (χ4n) is 3.38. The van der Waals surface area contributed by atoms with E-state index in [1.807, 2.05) is 6.92 Å². The van der Waals surface area contributed by atoms with Crippen LogP contribution in [0.2, 0.25) is 0 Å². The maximum atomic E-state index is 13.5. The number of hydrogen-bond acceptors (Lipinski definition) is 5. The summed E-state index contributed by atoms with van der Waals surface area (Å²) in [4.78, 5) is 13.1. The standard InChI is InChI=1S/C24H25FN2O5S2/c1-3-23(18-9-15-21(16-10-18)33(2,29)30)26-24(28)17-27(20-13-11-19(25)12-14-20)34(31,32)22-7-5-4-6-8-22/h4-16,23H,3,17H2,1-2H3,(H,26,28). The molecule has 3 aromatic rings. The Morgan fingerprint density at radius 1 is 0.882 bits per heavy atom. The smallest absolute Gasteiger partial charge is 0.264 e. The largest absolute Gasteiger partial charge is 0.348 e. The first-order valence-electron chi connectivity index (χ1n) is 10.4. The van der Waals surface area contributed by atoms with Crippen molar-refractivity contribution in [1.82, 2.24) is 5.32 Å². The van der Waals surface area contributed by atoms with Gasteiger partial charge in [0.25, 0.3) is 10.0 Å². The number of carbonyl (C=O) groups is 1.